The summed E-state index contributed by atoms with van der Waals surface area (Å²) < 4.78 is 30.5. The van der Waals surface area contributed by atoms with Crippen LogP contribution in [0.15, 0.2) is 71.7 Å². The van der Waals surface area contributed by atoms with Crippen LogP contribution in [-0.2, 0) is 10.0 Å². The van der Waals surface area contributed by atoms with Gasteiger partial charge in [0.2, 0.25) is 0 Å². The molecule has 8 nitrogen and oxygen atoms in total. The van der Waals surface area contributed by atoms with Crippen LogP contribution in [0.1, 0.15) is 11.1 Å². The number of nitrogens with one attached hydrogen (secondary N) is 1. The summed E-state index contributed by atoms with van der Waals surface area (Å²) in [5.74, 6) is -0.584. The van der Waals surface area contributed by atoms with E-state index >= 15 is 0 Å². The number of nitrogens with zero attached hydrogens (tertiary/aromatic N) is 3. The maximum Gasteiger partial charge on any atom is 0.286 e. The number of pyridine rings is 1. The lowest BCUT2D eigenvalue weighted by molar-refractivity contribution is 0.479. The van der Waals surface area contributed by atoms with Gasteiger partial charge >= 0.3 is 0 Å². The second-order valence-electron chi connectivity index (χ2n) is 6.31. The van der Waals surface area contributed by atoms with Crippen molar-refractivity contribution in [3.8, 4) is 5.75 Å². The third-order valence-corrected chi connectivity index (χ3v) is 7.41. The highest BCUT2D eigenvalue weighted by atomic mass is 32.2. The summed E-state index contributed by atoms with van der Waals surface area (Å²) in [6.45, 7) is 0. The number of amidine groups is 1. The van der Waals surface area contributed by atoms with Gasteiger partial charge in [0, 0.05) is 5.56 Å². The Morgan fingerprint density at radius 1 is 1.17 bits per heavy atom. The van der Waals surface area contributed by atoms with E-state index in [0.717, 1.165) is 10.2 Å². The first-order chi connectivity index (χ1) is 14.5. The molecule has 1 aliphatic heterocycles. The van der Waals surface area contributed by atoms with Gasteiger partial charge in [0.05, 0.1) is 22.1 Å². The van der Waals surface area contributed by atoms with E-state index < -0.39 is 15.6 Å². The highest BCUT2D eigenvalue weighted by Gasteiger charge is 2.30. The Hall–Kier alpha value is -3.28. The van der Waals surface area contributed by atoms with Crippen molar-refractivity contribution >= 4 is 60.7 Å². The molecule has 0 amide bonds. The van der Waals surface area contributed by atoms with E-state index in [0.29, 0.717) is 10.2 Å². The highest BCUT2D eigenvalue weighted by Crippen LogP contribution is 2.34. The van der Waals surface area contributed by atoms with Crippen LogP contribution >= 0.6 is 22.7 Å². The number of aromatic hydroxyl groups is 1. The molecule has 0 radical (unpaired) electrons. The molecule has 3 aromatic heterocycles. The predicted octanol–water partition coefficient (Wildman–Crippen LogP) is 3.27. The lowest BCUT2D eigenvalue weighted by Gasteiger charge is -2.18. The Bertz CT molecular complexity index is 1510. The van der Waals surface area contributed by atoms with E-state index in [-0.39, 0.29) is 27.7 Å². The van der Waals surface area contributed by atoms with Gasteiger partial charge in [-0.15, -0.1) is 15.7 Å². The van der Waals surface area contributed by atoms with Crippen LogP contribution in [0.25, 0.3) is 10.2 Å². The molecule has 2 N–H and O–H groups in total. The van der Waals surface area contributed by atoms with Gasteiger partial charge in [-0.2, -0.15) is 29.5 Å². The van der Waals surface area contributed by atoms with Crippen LogP contribution in [0.5, 0.6) is 5.75 Å². The van der Waals surface area contributed by atoms with E-state index in [1.807, 2.05) is 16.8 Å². The molecule has 0 spiro atoms. The van der Waals surface area contributed by atoms with E-state index in [9.17, 15) is 18.3 Å². The number of para-hydroxylation sites is 1. The number of anilines is 1. The van der Waals surface area contributed by atoms with E-state index in [1.54, 1.807) is 29.6 Å². The van der Waals surface area contributed by atoms with Gasteiger partial charge in [-0.25, -0.2) is 0 Å². The molecule has 0 bridgehead atoms. The summed E-state index contributed by atoms with van der Waals surface area (Å²) in [6.07, 6.45) is 1.53. The van der Waals surface area contributed by atoms with Gasteiger partial charge in [-0.1, -0.05) is 12.1 Å². The number of thiophene rings is 2. The smallest absolute Gasteiger partial charge is 0.286 e. The molecular weight excluding hydrogens is 444 g/mol. The van der Waals surface area contributed by atoms with Crippen LogP contribution < -0.4 is 10.9 Å². The van der Waals surface area contributed by atoms with Gasteiger partial charge in [-0.05, 0) is 40.4 Å². The lowest BCUT2D eigenvalue weighted by Crippen LogP contribution is -2.31. The molecule has 1 aromatic carbocycles. The summed E-state index contributed by atoms with van der Waals surface area (Å²) in [6, 6.07) is 9.74. The summed E-state index contributed by atoms with van der Waals surface area (Å²) >= 11 is 2.70. The standard InChI is InChI=1S/C19H12N4O4S3/c24-16-15(18-21-12-3-1-2-4-14(12)30(26,27)22-18)19(25)23(13-6-8-29-17(13)16)20-9-11-5-7-28-10-11/h1-10,24H,(H,21,22). The fraction of sp³-hybridized carbons (Fsp3) is 0. The molecule has 4 heterocycles. The second-order valence-corrected chi connectivity index (χ2v) is 9.58. The topological polar surface area (TPSA) is 113 Å². The van der Waals surface area contributed by atoms with Crippen molar-refractivity contribution in [2.45, 2.75) is 4.90 Å². The quantitative estimate of drug-likeness (QED) is 0.460. The Morgan fingerprint density at radius 2 is 2.00 bits per heavy atom. The molecule has 4 aromatic rings. The predicted molar refractivity (Wildman–Crippen MR) is 119 cm³/mol. The molecule has 0 aliphatic carbocycles. The number of sulfonamides is 1. The first kappa shape index (κ1) is 18.7. The van der Waals surface area contributed by atoms with Gasteiger partial charge in [0.25, 0.3) is 15.6 Å². The number of rotatable bonds is 3. The average molecular weight is 457 g/mol. The molecule has 1 aliphatic rings. The average Bonchev–Trinajstić information content (AvgIpc) is 3.40. The van der Waals surface area contributed by atoms with Crippen molar-refractivity contribution in [1.29, 1.82) is 0 Å². The molecule has 0 atom stereocenters. The molecule has 0 saturated carbocycles. The minimum absolute atomic E-state index is 0.00115. The first-order valence-corrected chi connectivity index (χ1v) is 11.8. The number of hydrogen-bond donors (Lipinski definition) is 2. The Balaban J connectivity index is 1.75. The Morgan fingerprint density at radius 3 is 2.80 bits per heavy atom. The van der Waals surface area contributed by atoms with Crippen molar-refractivity contribution in [2.24, 2.45) is 9.50 Å². The summed E-state index contributed by atoms with van der Waals surface area (Å²) in [4.78, 5) is 13.3. The third kappa shape index (κ3) is 2.95. The zero-order chi connectivity index (χ0) is 20.9. The van der Waals surface area contributed by atoms with Crippen molar-refractivity contribution in [1.82, 2.24) is 4.68 Å². The Kier molecular flexibility index (Phi) is 4.31. The van der Waals surface area contributed by atoms with Crippen molar-refractivity contribution in [2.75, 3.05) is 5.32 Å². The van der Waals surface area contributed by atoms with Gasteiger partial charge in [0.1, 0.15) is 10.5 Å². The third-order valence-electron chi connectivity index (χ3n) is 4.46. The maximum absolute atomic E-state index is 13.3. The van der Waals surface area contributed by atoms with E-state index in [2.05, 4.69) is 14.8 Å². The van der Waals surface area contributed by atoms with Crippen LogP contribution in [-0.4, -0.2) is 30.3 Å². The van der Waals surface area contributed by atoms with E-state index in [1.165, 1.54) is 35.0 Å². The normalized spacial score (nSPS) is 15.1. The summed E-state index contributed by atoms with van der Waals surface area (Å²) in [5, 5.41) is 23.4. The first-order valence-electron chi connectivity index (χ1n) is 8.59. The van der Waals surface area contributed by atoms with Crippen LogP contribution in [0.3, 0.4) is 0 Å². The summed E-state index contributed by atoms with van der Waals surface area (Å²) in [7, 11) is -4.04. The minimum atomic E-state index is -4.04. The minimum Gasteiger partial charge on any atom is -0.505 e. The Labute approximate surface area is 178 Å². The zero-order valence-corrected chi connectivity index (χ0v) is 17.5. The molecule has 0 fully saturated rings. The van der Waals surface area contributed by atoms with Gasteiger partial charge in [0.15, 0.2) is 11.6 Å². The van der Waals surface area contributed by atoms with E-state index in [4.69, 9.17) is 0 Å². The monoisotopic (exact) mass is 456 g/mol. The number of benzene rings is 1. The van der Waals surface area contributed by atoms with Gasteiger partial charge < -0.3 is 10.4 Å². The maximum atomic E-state index is 13.3. The summed E-state index contributed by atoms with van der Waals surface area (Å²) in [5.41, 5.74) is 0.559. The van der Waals surface area contributed by atoms with Crippen LogP contribution in [0, 0.1) is 0 Å². The number of aromatic nitrogens is 1. The molecular formula is C19H12N4O4S3. The fourth-order valence-corrected chi connectivity index (χ4v) is 5.66. The lowest BCUT2D eigenvalue weighted by atomic mass is 10.2. The van der Waals surface area contributed by atoms with Crippen molar-refractivity contribution in [3.05, 3.63) is 74.0 Å². The van der Waals surface area contributed by atoms with Crippen molar-refractivity contribution in [3.63, 3.8) is 0 Å². The molecule has 0 saturated heterocycles. The zero-order valence-electron chi connectivity index (χ0n) is 15.0. The SMILES string of the molecule is O=c1c(C2=NS(=O)(=O)c3ccccc3N2)c(O)c2sccc2n1N=Cc1ccsc1. The highest BCUT2D eigenvalue weighted by molar-refractivity contribution is 7.90. The molecule has 30 heavy (non-hydrogen) atoms. The molecule has 11 heteroatoms. The molecule has 150 valence electrons. The molecule has 5 rings (SSSR count). The van der Waals surface area contributed by atoms with Gasteiger partial charge in [-0.3, -0.25) is 4.79 Å². The number of fused-ring (bicyclic) bond motifs is 2. The largest absolute Gasteiger partial charge is 0.505 e. The fourth-order valence-electron chi connectivity index (χ4n) is 3.10. The number of hydrogen-bond acceptors (Lipinski definition) is 8. The van der Waals surface area contributed by atoms with Crippen LogP contribution in [0.2, 0.25) is 0 Å². The van der Waals surface area contributed by atoms with Crippen molar-refractivity contribution < 1.29 is 13.5 Å². The van der Waals surface area contributed by atoms with Crippen LogP contribution in [0.4, 0.5) is 5.69 Å². The molecule has 0 unspecified atom stereocenters. The second kappa shape index (κ2) is 6.90.